The van der Waals surface area contributed by atoms with Crippen molar-refractivity contribution in [2.24, 2.45) is 10.9 Å². The average Bonchev–Trinajstić information content (AvgIpc) is 2.37. The smallest absolute Gasteiger partial charge is 0.266 e. The van der Waals surface area contributed by atoms with Crippen molar-refractivity contribution in [3.05, 3.63) is 0 Å². The van der Waals surface area contributed by atoms with Gasteiger partial charge >= 0.3 is 0 Å². The van der Waals surface area contributed by atoms with Crippen LogP contribution in [0.1, 0.15) is 13.3 Å². The molecule has 0 aromatic heterocycles. The quantitative estimate of drug-likeness (QED) is 0.607. The van der Waals surface area contributed by atoms with Crippen molar-refractivity contribution in [2.75, 3.05) is 6.61 Å². The van der Waals surface area contributed by atoms with Gasteiger partial charge < -0.3 is 15.3 Å². The van der Waals surface area contributed by atoms with Crippen molar-refractivity contribution in [3.8, 4) is 0 Å². The first-order valence-electron chi connectivity index (χ1n) is 3.38. The highest BCUT2D eigenvalue weighted by atomic mass is 16.8. The van der Waals surface area contributed by atoms with Crippen molar-refractivity contribution in [3.63, 3.8) is 0 Å². The predicted molar refractivity (Wildman–Crippen MR) is 37.7 cm³/mol. The Morgan fingerprint density at radius 3 is 3.18 bits per heavy atom. The van der Waals surface area contributed by atoms with Crippen LogP contribution in [-0.4, -0.2) is 24.5 Å². The zero-order chi connectivity index (χ0) is 8.27. The maximum Gasteiger partial charge on any atom is 0.266 e. The van der Waals surface area contributed by atoms with Crippen LogP contribution in [0.5, 0.6) is 0 Å². The summed E-state index contributed by atoms with van der Waals surface area (Å²) in [5.74, 6) is -0.549. The van der Waals surface area contributed by atoms with Gasteiger partial charge in [-0.25, -0.2) is 0 Å². The van der Waals surface area contributed by atoms with E-state index >= 15 is 0 Å². The molecule has 1 aliphatic heterocycles. The minimum Gasteiger partial charge on any atom is -0.364 e. The summed E-state index contributed by atoms with van der Waals surface area (Å²) in [6, 6.07) is 0. The predicted octanol–water partition coefficient (Wildman–Crippen LogP) is -0.389. The number of primary amides is 1. The zero-order valence-corrected chi connectivity index (χ0v) is 6.24. The fourth-order valence-corrected chi connectivity index (χ4v) is 0.776. The van der Waals surface area contributed by atoms with E-state index in [-0.39, 0.29) is 5.71 Å². The van der Waals surface area contributed by atoms with Crippen molar-refractivity contribution in [1.82, 2.24) is 0 Å². The number of carbonyl (C=O) groups is 1. The minimum atomic E-state index is -0.549. The maximum absolute atomic E-state index is 10.5. The number of nitrogens with zero attached hydrogens (tertiary/aromatic N) is 1. The summed E-state index contributed by atoms with van der Waals surface area (Å²) in [6.07, 6.45) is -0.0779. The third kappa shape index (κ3) is 1.91. The van der Waals surface area contributed by atoms with E-state index < -0.39 is 12.2 Å². The van der Waals surface area contributed by atoms with Gasteiger partial charge in [0.1, 0.15) is 0 Å². The molecule has 0 spiro atoms. The largest absolute Gasteiger partial charge is 0.364 e. The summed E-state index contributed by atoms with van der Waals surface area (Å²) in [7, 11) is 0. The lowest BCUT2D eigenvalue weighted by Gasteiger charge is -2.05. The number of ether oxygens (including phenoxy) is 1. The highest BCUT2D eigenvalue weighted by Gasteiger charge is 2.24. The van der Waals surface area contributed by atoms with Crippen LogP contribution >= 0.6 is 0 Å². The normalized spacial score (nSPS) is 22.6. The summed E-state index contributed by atoms with van der Waals surface area (Å²) < 4.78 is 5.04. The summed E-state index contributed by atoms with van der Waals surface area (Å²) in [5.41, 5.74) is 5.19. The van der Waals surface area contributed by atoms with Gasteiger partial charge in [-0.2, -0.15) is 0 Å². The molecule has 62 valence electrons. The van der Waals surface area contributed by atoms with Gasteiger partial charge in [-0.1, -0.05) is 5.16 Å². The molecule has 0 fully saturated rings. The Kier molecular flexibility index (Phi) is 2.43. The van der Waals surface area contributed by atoms with Gasteiger partial charge in [0.15, 0.2) is 5.71 Å². The lowest BCUT2D eigenvalue weighted by molar-refractivity contribution is -0.120. The molecule has 5 heteroatoms. The number of amides is 1. The van der Waals surface area contributed by atoms with Crippen molar-refractivity contribution in [2.45, 2.75) is 19.6 Å². The Morgan fingerprint density at radius 1 is 2.00 bits per heavy atom. The summed E-state index contributed by atoms with van der Waals surface area (Å²) in [6.45, 7) is 2.37. The lowest BCUT2D eigenvalue weighted by Crippen LogP contribution is -2.23. The van der Waals surface area contributed by atoms with Crippen LogP contribution in [0.3, 0.4) is 0 Å². The average molecular weight is 158 g/mol. The first-order valence-corrected chi connectivity index (χ1v) is 3.38. The van der Waals surface area contributed by atoms with Crippen LogP contribution in [0.15, 0.2) is 5.16 Å². The fraction of sp³-hybridized carbons (Fsp3) is 0.667. The monoisotopic (exact) mass is 158 g/mol. The summed E-state index contributed by atoms with van der Waals surface area (Å²) in [4.78, 5) is 15.2. The third-order valence-corrected chi connectivity index (χ3v) is 1.28. The van der Waals surface area contributed by atoms with Gasteiger partial charge in [0.25, 0.3) is 5.91 Å². The van der Waals surface area contributed by atoms with Crippen LogP contribution in [0, 0.1) is 0 Å². The highest BCUT2D eigenvalue weighted by molar-refractivity contribution is 6.38. The van der Waals surface area contributed by atoms with Gasteiger partial charge in [-0.3, -0.25) is 4.79 Å². The highest BCUT2D eigenvalue weighted by Crippen LogP contribution is 2.10. The number of hydrogen-bond donors (Lipinski definition) is 1. The molecule has 1 rings (SSSR count). The summed E-state index contributed by atoms with van der Waals surface area (Å²) >= 11 is 0. The molecule has 0 aromatic carbocycles. The molecule has 0 aromatic rings. The second-order valence-corrected chi connectivity index (χ2v) is 2.10. The van der Waals surface area contributed by atoms with E-state index in [2.05, 4.69) is 5.16 Å². The molecule has 0 saturated carbocycles. The molecule has 1 atom stereocenters. The SMILES string of the molecule is CCO[C@H]1CC(C(N)=O)=NO1. The third-order valence-electron chi connectivity index (χ3n) is 1.28. The molecule has 1 aliphatic rings. The molecule has 0 saturated heterocycles. The lowest BCUT2D eigenvalue weighted by atomic mass is 10.2. The van der Waals surface area contributed by atoms with E-state index in [1.807, 2.05) is 6.92 Å². The molecule has 1 heterocycles. The van der Waals surface area contributed by atoms with Gasteiger partial charge in [0.05, 0.1) is 6.42 Å². The molecular weight excluding hydrogens is 148 g/mol. The zero-order valence-electron chi connectivity index (χ0n) is 6.24. The fourth-order valence-electron chi connectivity index (χ4n) is 0.776. The van der Waals surface area contributed by atoms with Gasteiger partial charge in [-0.15, -0.1) is 0 Å². The Morgan fingerprint density at radius 2 is 2.73 bits per heavy atom. The van der Waals surface area contributed by atoms with Crippen LogP contribution < -0.4 is 5.73 Å². The van der Waals surface area contributed by atoms with E-state index in [4.69, 9.17) is 15.3 Å². The Bertz CT molecular complexity index is 190. The molecule has 1 amide bonds. The van der Waals surface area contributed by atoms with Gasteiger partial charge in [0, 0.05) is 6.61 Å². The second kappa shape index (κ2) is 3.34. The number of carbonyl (C=O) groups excluding carboxylic acids is 1. The van der Waals surface area contributed by atoms with E-state index in [0.717, 1.165) is 0 Å². The van der Waals surface area contributed by atoms with Crippen molar-refractivity contribution < 1.29 is 14.4 Å². The van der Waals surface area contributed by atoms with Crippen LogP contribution in [-0.2, 0) is 14.4 Å². The number of hydrogen-bond acceptors (Lipinski definition) is 4. The molecule has 0 unspecified atom stereocenters. The Labute approximate surface area is 64.1 Å². The van der Waals surface area contributed by atoms with E-state index in [1.54, 1.807) is 0 Å². The molecule has 0 radical (unpaired) electrons. The molecule has 5 nitrogen and oxygen atoms in total. The van der Waals surface area contributed by atoms with E-state index in [1.165, 1.54) is 0 Å². The molecule has 11 heavy (non-hydrogen) atoms. The second-order valence-electron chi connectivity index (χ2n) is 2.10. The molecule has 0 aliphatic carbocycles. The molecular formula is C6H10N2O3. The van der Waals surface area contributed by atoms with Crippen molar-refractivity contribution >= 4 is 11.6 Å². The van der Waals surface area contributed by atoms with Gasteiger partial charge in [-0.05, 0) is 6.92 Å². The molecule has 2 N–H and O–H groups in total. The Balaban J connectivity index is 2.37. The Hall–Kier alpha value is -1.10. The number of rotatable bonds is 3. The summed E-state index contributed by atoms with van der Waals surface area (Å²) in [5, 5.41) is 3.45. The first-order chi connectivity index (χ1) is 5.24. The van der Waals surface area contributed by atoms with Crippen LogP contribution in [0.25, 0.3) is 0 Å². The van der Waals surface area contributed by atoms with E-state index in [0.29, 0.717) is 13.0 Å². The maximum atomic E-state index is 10.5. The molecule has 0 bridgehead atoms. The van der Waals surface area contributed by atoms with Gasteiger partial charge in [0.2, 0.25) is 6.29 Å². The standard InChI is InChI=1S/C6H10N2O3/c1-2-10-5-3-4(6(7)9)8-11-5/h5H,2-3H2,1H3,(H2,7,9)/t5-/m1/s1. The van der Waals surface area contributed by atoms with Crippen LogP contribution in [0.4, 0.5) is 0 Å². The number of nitrogens with two attached hydrogens (primary N) is 1. The van der Waals surface area contributed by atoms with Crippen molar-refractivity contribution in [1.29, 1.82) is 0 Å². The topological polar surface area (TPSA) is 73.9 Å². The first kappa shape index (κ1) is 8.00. The van der Waals surface area contributed by atoms with Crippen LogP contribution in [0.2, 0.25) is 0 Å². The minimum absolute atomic E-state index is 0.239. The number of oxime groups is 1. The van der Waals surface area contributed by atoms with E-state index in [9.17, 15) is 4.79 Å².